The minimum Gasteiger partial charge on any atom is -0.497 e. The second-order valence-corrected chi connectivity index (χ2v) is 7.09. The number of amides is 1. The lowest BCUT2D eigenvalue weighted by atomic mass is 10.2. The minimum atomic E-state index is -0.00821. The van der Waals surface area contributed by atoms with Crippen LogP contribution >= 0.6 is 11.3 Å². The first-order valence-electron chi connectivity index (χ1n) is 8.12. The van der Waals surface area contributed by atoms with E-state index in [1.807, 2.05) is 38.4 Å². The molecule has 0 N–H and O–H groups in total. The van der Waals surface area contributed by atoms with Gasteiger partial charge in [-0.3, -0.25) is 9.69 Å². The molecule has 1 atom stereocenters. The number of likely N-dealkylation sites (tertiary alicyclic amines) is 1. The molecule has 6 heteroatoms. The van der Waals surface area contributed by atoms with Crippen molar-refractivity contribution in [2.75, 3.05) is 27.7 Å². The van der Waals surface area contributed by atoms with Crippen LogP contribution in [0.4, 0.5) is 0 Å². The molecule has 2 heterocycles. The number of aromatic nitrogens is 1. The van der Waals surface area contributed by atoms with Gasteiger partial charge in [-0.05, 0) is 43.7 Å². The van der Waals surface area contributed by atoms with Gasteiger partial charge < -0.3 is 9.64 Å². The fourth-order valence-electron chi connectivity index (χ4n) is 3.05. The molecule has 24 heavy (non-hydrogen) atoms. The van der Waals surface area contributed by atoms with Crippen LogP contribution in [0.2, 0.25) is 0 Å². The van der Waals surface area contributed by atoms with Gasteiger partial charge >= 0.3 is 0 Å². The first-order valence-corrected chi connectivity index (χ1v) is 9.00. The number of methoxy groups -OCH3 is 1. The van der Waals surface area contributed by atoms with Crippen LogP contribution in [0.1, 0.15) is 18.5 Å². The fourth-order valence-corrected chi connectivity index (χ4v) is 3.86. The molecule has 0 radical (unpaired) electrons. The van der Waals surface area contributed by atoms with Crippen LogP contribution in [0.3, 0.4) is 0 Å². The van der Waals surface area contributed by atoms with Crippen LogP contribution in [0, 0.1) is 0 Å². The molecule has 1 aliphatic rings. The highest BCUT2D eigenvalue weighted by Crippen LogP contribution is 2.27. The van der Waals surface area contributed by atoms with Crippen LogP contribution < -0.4 is 4.74 Å². The van der Waals surface area contributed by atoms with E-state index in [1.54, 1.807) is 23.3 Å². The van der Waals surface area contributed by atoms with Gasteiger partial charge in [0, 0.05) is 31.6 Å². The Labute approximate surface area is 146 Å². The number of thiazole rings is 1. The Kier molecular flexibility index (Phi) is 5.16. The first kappa shape index (κ1) is 16.9. The highest BCUT2D eigenvalue weighted by Gasteiger charge is 2.31. The van der Waals surface area contributed by atoms with E-state index in [9.17, 15) is 4.79 Å². The van der Waals surface area contributed by atoms with Crippen molar-refractivity contribution in [3.63, 3.8) is 0 Å². The van der Waals surface area contributed by atoms with Gasteiger partial charge in [0.2, 0.25) is 5.91 Å². The molecule has 1 amide bonds. The summed E-state index contributed by atoms with van der Waals surface area (Å²) in [5.74, 6) is 1.04. The molecule has 1 fully saturated rings. The lowest BCUT2D eigenvalue weighted by Crippen LogP contribution is -2.42. The summed E-state index contributed by atoms with van der Waals surface area (Å²) >= 11 is 1.64. The van der Waals surface area contributed by atoms with Crippen LogP contribution in [0.25, 0.3) is 10.6 Å². The minimum absolute atomic E-state index is 0.00821. The van der Waals surface area contributed by atoms with Crippen molar-refractivity contribution in [3.05, 3.63) is 35.3 Å². The third kappa shape index (κ3) is 3.60. The molecule has 1 aliphatic heterocycles. The lowest BCUT2D eigenvalue weighted by Gasteiger charge is -2.25. The average molecular weight is 345 g/mol. The molecule has 1 unspecified atom stereocenters. The molecule has 3 rings (SSSR count). The number of benzene rings is 1. The van der Waals surface area contributed by atoms with Gasteiger partial charge in [0.15, 0.2) is 0 Å². The van der Waals surface area contributed by atoms with Crippen molar-refractivity contribution in [3.8, 4) is 16.3 Å². The molecule has 1 aromatic carbocycles. The van der Waals surface area contributed by atoms with Crippen LogP contribution in [-0.2, 0) is 11.3 Å². The van der Waals surface area contributed by atoms with Gasteiger partial charge in [-0.2, -0.15) is 0 Å². The quantitative estimate of drug-likeness (QED) is 0.836. The van der Waals surface area contributed by atoms with Gasteiger partial charge in [-0.25, -0.2) is 4.98 Å². The number of likely N-dealkylation sites (N-methyl/N-ethyl adjacent to an activating group) is 1. The number of nitrogens with zero attached hydrogens (tertiary/aromatic N) is 3. The van der Waals surface area contributed by atoms with Gasteiger partial charge in [0.05, 0.1) is 18.8 Å². The molecular formula is C18H23N3O2S. The number of ether oxygens (including phenoxy) is 1. The van der Waals surface area contributed by atoms with Crippen molar-refractivity contribution in [2.24, 2.45) is 0 Å². The van der Waals surface area contributed by atoms with Crippen LogP contribution in [0.15, 0.2) is 29.6 Å². The van der Waals surface area contributed by atoms with Crippen molar-refractivity contribution in [1.82, 2.24) is 14.8 Å². The van der Waals surface area contributed by atoms with E-state index in [0.29, 0.717) is 0 Å². The molecule has 0 spiro atoms. The molecule has 0 saturated carbocycles. The molecule has 1 aromatic heterocycles. The van der Waals surface area contributed by atoms with E-state index < -0.39 is 0 Å². The summed E-state index contributed by atoms with van der Waals surface area (Å²) in [5, 5.41) is 3.09. The zero-order chi connectivity index (χ0) is 17.1. The smallest absolute Gasteiger partial charge is 0.239 e. The average Bonchev–Trinajstić information content (AvgIpc) is 3.24. The third-order valence-electron chi connectivity index (χ3n) is 4.34. The van der Waals surface area contributed by atoms with E-state index in [0.717, 1.165) is 47.9 Å². The highest BCUT2D eigenvalue weighted by atomic mass is 32.1. The van der Waals surface area contributed by atoms with Gasteiger partial charge in [0.1, 0.15) is 10.8 Å². The summed E-state index contributed by atoms with van der Waals surface area (Å²) in [5.41, 5.74) is 2.12. The number of hydrogen-bond donors (Lipinski definition) is 0. The Morgan fingerprint density at radius 3 is 2.79 bits per heavy atom. The Bertz CT molecular complexity index is 697. The lowest BCUT2D eigenvalue weighted by molar-refractivity contribution is -0.133. The molecule has 128 valence electrons. The zero-order valence-corrected chi connectivity index (χ0v) is 15.2. The molecule has 1 saturated heterocycles. The monoisotopic (exact) mass is 345 g/mol. The van der Waals surface area contributed by atoms with E-state index in [2.05, 4.69) is 10.3 Å². The predicted molar refractivity (Wildman–Crippen MR) is 96.2 cm³/mol. The maximum Gasteiger partial charge on any atom is 0.239 e. The Morgan fingerprint density at radius 2 is 2.12 bits per heavy atom. The largest absolute Gasteiger partial charge is 0.497 e. The summed E-state index contributed by atoms with van der Waals surface area (Å²) < 4.78 is 5.19. The second-order valence-electron chi connectivity index (χ2n) is 6.23. The van der Waals surface area contributed by atoms with Crippen molar-refractivity contribution < 1.29 is 9.53 Å². The summed E-state index contributed by atoms with van der Waals surface area (Å²) in [7, 11) is 5.31. The maximum absolute atomic E-state index is 12.3. The normalized spacial score (nSPS) is 17.9. The summed E-state index contributed by atoms with van der Waals surface area (Å²) in [6.45, 7) is 1.69. The van der Waals surface area contributed by atoms with Crippen LogP contribution in [0.5, 0.6) is 5.75 Å². The van der Waals surface area contributed by atoms with Crippen molar-refractivity contribution in [1.29, 1.82) is 0 Å². The molecule has 0 aliphatic carbocycles. The SMILES string of the molecule is COc1ccc(-c2nc(CN3CCCC3C(=O)N(C)C)cs2)cc1. The summed E-state index contributed by atoms with van der Waals surface area (Å²) in [4.78, 5) is 21.0. The fraction of sp³-hybridized carbons (Fsp3) is 0.444. The van der Waals surface area contributed by atoms with E-state index in [4.69, 9.17) is 9.72 Å². The number of carbonyl (C=O) groups is 1. The van der Waals surface area contributed by atoms with E-state index in [1.165, 1.54) is 0 Å². The van der Waals surface area contributed by atoms with Gasteiger partial charge in [-0.15, -0.1) is 11.3 Å². The summed E-state index contributed by atoms with van der Waals surface area (Å²) in [6, 6.07) is 7.93. The molecular weight excluding hydrogens is 322 g/mol. The molecule has 5 nitrogen and oxygen atoms in total. The number of hydrogen-bond acceptors (Lipinski definition) is 5. The van der Waals surface area contributed by atoms with Crippen LogP contribution in [-0.4, -0.2) is 54.5 Å². The second kappa shape index (κ2) is 7.32. The first-order chi connectivity index (χ1) is 11.6. The van der Waals surface area contributed by atoms with Crippen molar-refractivity contribution >= 4 is 17.2 Å². The Hall–Kier alpha value is -1.92. The topological polar surface area (TPSA) is 45.7 Å². The summed E-state index contributed by atoms with van der Waals surface area (Å²) in [6.07, 6.45) is 2.01. The zero-order valence-electron chi connectivity index (χ0n) is 14.4. The van der Waals surface area contributed by atoms with Gasteiger partial charge in [-0.1, -0.05) is 0 Å². The maximum atomic E-state index is 12.3. The Morgan fingerprint density at radius 1 is 1.38 bits per heavy atom. The van der Waals surface area contributed by atoms with E-state index in [-0.39, 0.29) is 11.9 Å². The number of rotatable bonds is 5. The van der Waals surface area contributed by atoms with Gasteiger partial charge in [0.25, 0.3) is 0 Å². The highest BCUT2D eigenvalue weighted by molar-refractivity contribution is 7.13. The van der Waals surface area contributed by atoms with E-state index >= 15 is 0 Å². The molecule has 2 aromatic rings. The standard InChI is InChI=1S/C18H23N3O2S/c1-20(2)18(22)16-5-4-10-21(16)11-14-12-24-17(19-14)13-6-8-15(23-3)9-7-13/h6-9,12,16H,4-5,10-11H2,1-3H3. The predicted octanol–water partition coefficient (Wildman–Crippen LogP) is 2.87. The van der Waals surface area contributed by atoms with Crippen molar-refractivity contribution in [2.45, 2.75) is 25.4 Å². The number of carbonyl (C=O) groups excluding carboxylic acids is 1. The molecule has 0 bridgehead atoms. The third-order valence-corrected chi connectivity index (χ3v) is 5.28. The Balaban J connectivity index is 1.70.